The highest BCUT2D eigenvalue weighted by Crippen LogP contribution is 2.32. The molecule has 0 amide bonds. The summed E-state index contributed by atoms with van der Waals surface area (Å²) in [6.45, 7) is 11.3. The molecule has 0 aromatic rings. The minimum Gasteiger partial charge on any atom is -0.461 e. The van der Waals surface area contributed by atoms with Gasteiger partial charge in [0.2, 0.25) is 0 Å². The number of ether oxygens (including phenoxy) is 1. The van der Waals surface area contributed by atoms with Crippen LogP contribution in [0.2, 0.25) is 0 Å². The summed E-state index contributed by atoms with van der Waals surface area (Å²) in [4.78, 5) is 12.3. The van der Waals surface area contributed by atoms with E-state index in [1.165, 1.54) is 0 Å². The van der Waals surface area contributed by atoms with Crippen molar-refractivity contribution in [1.82, 2.24) is 0 Å². The Hall–Kier alpha value is -0.600. The Morgan fingerprint density at radius 3 is 1.94 bits per heavy atom. The highest BCUT2D eigenvalue weighted by Gasteiger charge is 2.39. The van der Waals surface area contributed by atoms with Gasteiger partial charge in [-0.15, -0.1) is 0 Å². The van der Waals surface area contributed by atoms with Crippen molar-refractivity contribution < 1.29 is 13.9 Å². The molecule has 2 nitrogen and oxygen atoms in total. The van der Waals surface area contributed by atoms with Gasteiger partial charge in [0.25, 0.3) is 0 Å². The first kappa shape index (κ1) is 17.4. The van der Waals surface area contributed by atoms with Gasteiger partial charge in [0, 0.05) is 0 Å². The third-order valence-corrected chi connectivity index (χ3v) is 3.65. The van der Waals surface area contributed by atoms with Crippen molar-refractivity contribution in [1.29, 1.82) is 0 Å². The molecule has 0 radical (unpaired) electrons. The average molecular weight is 260 g/mol. The van der Waals surface area contributed by atoms with Crippen LogP contribution in [0, 0.1) is 17.3 Å². The standard InChI is InChI=1S/C15H29FO2/c1-7-9-15(8-2,10-16)14(17)18-13(11(3)4)12(5)6/h11-13H,7-10H2,1-6H3/t15-/m1/s1. The van der Waals surface area contributed by atoms with Crippen LogP contribution in [-0.4, -0.2) is 18.7 Å². The monoisotopic (exact) mass is 260 g/mol. The van der Waals surface area contributed by atoms with Crippen molar-refractivity contribution in [3.8, 4) is 0 Å². The molecule has 0 unspecified atom stereocenters. The Kier molecular flexibility index (Phi) is 7.49. The van der Waals surface area contributed by atoms with E-state index in [1.54, 1.807) is 0 Å². The van der Waals surface area contributed by atoms with Gasteiger partial charge in [-0.05, 0) is 24.7 Å². The van der Waals surface area contributed by atoms with Crippen molar-refractivity contribution >= 4 is 5.97 Å². The minimum atomic E-state index is -0.934. The molecule has 0 spiro atoms. The van der Waals surface area contributed by atoms with Crippen LogP contribution in [0.4, 0.5) is 4.39 Å². The molecule has 0 heterocycles. The topological polar surface area (TPSA) is 26.3 Å². The number of halogens is 1. The Balaban J connectivity index is 4.88. The molecule has 0 aliphatic heterocycles. The summed E-state index contributed by atoms with van der Waals surface area (Å²) in [6, 6.07) is 0. The summed E-state index contributed by atoms with van der Waals surface area (Å²) in [5, 5.41) is 0. The summed E-state index contributed by atoms with van der Waals surface area (Å²) in [7, 11) is 0. The molecule has 0 aromatic carbocycles. The normalized spacial score (nSPS) is 15.2. The zero-order valence-corrected chi connectivity index (χ0v) is 12.8. The van der Waals surface area contributed by atoms with Gasteiger partial charge in [0.1, 0.15) is 12.8 Å². The predicted octanol–water partition coefficient (Wildman–Crippen LogP) is 4.38. The van der Waals surface area contributed by atoms with E-state index in [4.69, 9.17) is 4.74 Å². The van der Waals surface area contributed by atoms with Crippen molar-refractivity contribution in [2.75, 3.05) is 6.67 Å². The SMILES string of the molecule is CCC[C@](CC)(CF)C(=O)OC(C(C)C)C(C)C. The van der Waals surface area contributed by atoms with Gasteiger partial charge < -0.3 is 4.74 Å². The molecule has 108 valence electrons. The van der Waals surface area contributed by atoms with Gasteiger partial charge in [-0.2, -0.15) is 0 Å². The molecule has 3 heteroatoms. The smallest absolute Gasteiger partial charge is 0.315 e. The molecule has 18 heavy (non-hydrogen) atoms. The molecule has 0 saturated heterocycles. The maximum absolute atomic E-state index is 13.3. The second kappa shape index (κ2) is 7.75. The average Bonchev–Trinajstić information content (AvgIpc) is 2.31. The lowest BCUT2D eigenvalue weighted by atomic mass is 9.82. The molecule has 0 aliphatic rings. The lowest BCUT2D eigenvalue weighted by Gasteiger charge is -2.32. The van der Waals surface area contributed by atoms with Crippen LogP contribution < -0.4 is 0 Å². The van der Waals surface area contributed by atoms with Gasteiger partial charge in [0.15, 0.2) is 0 Å². The Bertz CT molecular complexity index is 237. The molecule has 0 aromatic heterocycles. The summed E-state index contributed by atoms with van der Waals surface area (Å²) in [5.74, 6) is 0.149. The van der Waals surface area contributed by atoms with Crippen LogP contribution >= 0.6 is 0 Å². The summed E-state index contributed by atoms with van der Waals surface area (Å²) < 4.78 is 18.9. The van der Waals surface area contributed by atoms with Crippen LogP contribution in [0.15, 0.2) is 0 Å². The van der Waals surface area contributed by atoms with Crippen LogP contribution in [0.3, 0.4) is 0 Å². The predicted molar refractivity (Wildman–Crippen MR) is 73.2 cm³/mol. The molecular formula is C15H29FO2. The Labute approximate surface area is 111 Å². The third kappa shape index (κ3) is 4.25. The molecule has 0 aliphatic carbocycles. The number of hydrogen-bond acceptors (Lipinski definition) is 2. The molecule has 0 bridgehead atoms. The summed E-state index contributed by atoms with van der Waals surface area (Å²) >= 11 is 0. The van der Waals surface area contributed by atoms with Crippen LogP contribution in [0.25, 0.3) is 0 Å². The first-order valence-electron chi connectivity index (χ1n) is 7.11. The fourth-order valence-corrected chi connectivity index (χ4v) is 2.41. The van der Waals surface area contributed by atoms with Crippen LogP contribution in [0.1, 0.15) is 60.8 Å². The van der Waals surface area contributed by atoms with E-state index in [1.807, 2.05) is 41.5 Å². The maximum atomic E-state index is 13.3. The molecular weight excluding hydrogens is 231 g/mol. The second-order valence-corrected chi connectivity index (χ2v) is 5.88. The van der Waals surface area contributed by atoms with Gasteiger partial charge in [0.05, 0.1) is 5.41 Å². The zero-order chi connectivity index (χ0) is 14.3. The quantitative estimate of drug-likeness (QED) is 0.605. The lowest BCUT2D eigenvalue weighted by Crippen LogP contribution is -2.39. The molecule has 0 fully saturated rings. The van der Waals surface area contributed by atoms with E-state index in [-0.39, 0.29) is 23.9 Å². The number of hydrogen-bond donors (Lipinski definition) is 0. The number of carbonyl (C=O) groups is 1. The van der Waals surface area contributed by atoms with E-state index < -0.39 is 12.1 Å². The van der Waals surface area contributed by atoms with E-state index in [0.717, 1.165) is 6.42 Å². The van der Waals surface area contributed by atoms with Crippen LogP contribution in [0.5, 0.6) is 0 Å². The third-order valence-electron chi connectivity index (χ3n) is 3.65. The van der Waals surface area contributed by atoms with Gasteiger partial charge in [-0.3, -0.25) is 4.79 Å². The maximum Gasteiger partial charge on any atom is 0.315 e. The van der Waals surface area contributed by atoms with E-state index in [0.29, 0.717) is 12.8 Å². The Morgan fingerprint density at radius 1 is 1.17 bits per heavy atom. The largest absolute Gasteiger partial charge is 0.461 e. The first-order valence-corrected chi connectivity index (χ1v) is 7.11. The number of rotatable bonds is 8. The van der Waals surface area contributed by atoms with Gasteiger partial charge in [-0.25, -0.2) is 4.39 Å². The zero-order valence-electron chi connectivity index (χ0n) is 12.8. The van der Waals surface area contributed by atoms with Crippen molar-refractivity contribution in [2.45, 2.75) is 66.9 Å². The van der Waals surface area contributed by atoms with Gasteiger partial charge >= 0.3 is 5.97 Å². The number of esters is 1. The fraction of sp³-hybridized carbons (Fsp3) is 0.933. The van der Waals surface area contributed by atoms with Crippen LogP contribution in [-0.2, 0) is 9.53 Å². The molecule has 0 rings (SSSR count). The Morgan fingerprint density at radius 2 is 1.67 bits per heavy atom. The van der Waals surface area contributed by atoms with Crippen molar-refractivity contribution in [3.05, 3.63) is 0 Å². The van der Waals surface area contributed by atoms with Crippen molar-refractivity contribution in [2.24, 2.45) is 17.3 Å². The van der Waals surface area contributed by atoms with Gasteiger partial charge in [-0.1, -0.05) is 48.0 Å². The summed E-state index contributed by atoms with van der Waals surface area (Å²) in [5.41, 5.74) is -0.934. The second-order valence-electron chi connectivity index (χ2n) is 5.88. The summed E-state index contributed by atoms with van der Waals surface area (Å²) in [6.07, 6.45) is 1.72. The van der Waals surface area contributed by atoms with E-state index in [9.17, 15) is 9.18 Å². The lowest BCUT2D eigenvalue weighted by molar-refractivity contribution is -0.168. The molecule has 1 atom stereocenters. The highest BCUT2D eigenvalue weighted by atomic mass is 19.1. The highest BCUT2D eigenvalue weighted by molar-refractivity contribution is 5.77. The van der Waals surface area contributed by atoms with E-state index >= 15 is 0 Å². The minimum absolute atomic E-state index is 0.133. The number of alkyl halides is 1. The first-order chi connectivity index (χ1) is 8.34. The number of carbonyl (C=O) groups excluding carboxylic acids is 1. The molecule has 0 N–H and O–H groups in total. The van der Waals surface area contributed by atoms with Crippen molar-refractivity contribution in [3.63, 3.8) is 0 Å². The van der Waals surface area contributed by atoms with E-state index in [2.05, 4.69) is 0 Å². The fourth-order valence-electron chi connectivity index (χ4n) is 2.41. The molecule has 0 saturated carbocycles.